The molecule has 0 radical (unpaired) electrons. The molecule has 2 atom stereocenters. The molecule has 2 N–H and O–H groups in total. The minimum absolute atomic E-state index is 0.0742. The van der Waals surface area contributed by atoms with E-state index in [1.807, 2.05) is 13.8 Å². The summed E-state index contributed by atoms with van der Waals surface area (Å²) >= 11 is 0. The lowest BCUT2D eigenvalue weighted by molar-refractivity contribution is -0.141. The summed E-state index contributed by atoms with van der Waals surface area (Å²) in [4.78, 5) is 10.9. The maximum Gasteiger partial charge on any atom is 0.306 e. The van der Waals surface area contributed by atoms with Gasteiger partial charge >= 0.3 is 5.97 Å². The van der Waals surface area contributed by atoms with Crippen LogP contribution in [0.3, 0.4) is 0 Å². The van der Waals surface area contributed by atoms with Gasteiger partial charge in [-0.2, -0.15) is 0 Å². The second kappa shape index (κ2) is 6.24. The number of carboxylic acid groups (broad SMARTS) is 1. The van der Waals surface area contributed by atoms with Crippen molar-refractivity contribution in [1.29, 1.82) is 0 Å². The lowest BCUT2D eigenvalue weighted by Gasteiger charge is -2.27. The standard InChI is InChI=1S/C11H19NO2.C2H6/c13-10(14)9-3-5-11(7-9)4-1-2-6-12-8-11;1-2/h9,12H,1-8H2,(H,13,14);1-2H3. The monoisotopic (exact) mass is 227 g/mol. The Labute approximate surface area is 98.6 Å². The van der Waals surface area contributed by atoms with E-state index in [0.717, 1.165) is 32.4 Å². The first-order chi connectivity index (χ1) is 7.72. The first kappa shape index (κ1) is 13.5. The lowest BCUT2D eigenvalue weighted by atomic mass is 9.81. The fourth-order valence-corrected chi connectivity index (χ4v) is 3.00. The average molecular weight is 227 g/mol. The van der Waals surface area contributed by atoms with E-state index in [2.05, 4.69) is 5.32 Å². The Morgan fingerprint density at radius 1 is 1.31 bits per heavy atom. The molecule has 94 valence electrons. The number of hydrogen-bond acceptors (Lipinski definition) is 2. The molecule has 1 spiro atoms. The molecule has 2 aliphatic rings. The Hall–Kier alpha value is -0.570. The van der Waals surface area contributed by atoms with Crippen LogP contribution < -0.4 is 5.32 Å². The van der Waals surface area contributed by atoms with Gasteiger partial charge in [-0.05, 0) is 44.1 Å². The molecular weight excluding hydrogens is 202 g/mol. The summed E-state index contributed by atoms with van der Waals surface area (Å²) in [5.41, 5.74) is 0.319. The van der Waals surface area contributed by atoms with E-state index >= 15 is 0 Å². The van der Waals surface area contributed by atoms with Gasteiger partial charge in [-0.25, -0.2) is 0 Å². The number of aliphatic carboxylic acids is 1. The van der Waals surface area contributed by atoms with Crippen LogP contribution in [0, 0.1) is 11.3 Å². The molecule has 1 saturated carbocycles. The zero-order valence-electron chi connectivity index (χ0n) is 10.6. The quantitative estimate of drug-likeness (QED) is 0.724. The SMILES string of the molecule is CC.O=C(O)C1CCC2(CCCCNC2)C1. The predicted molar refractivity (Wildman–Crippen MR) is 65.5 cm³/mol. The van der Waals surface area contributed by atoms with Crippen molar-refractivity contribution in [2.24, 2.45) is 11.3 Å². The number of hydrogen-bond donors (Lipinski definition) is 2. The van der Waals surface area contributed by atoms with Gasteiger partial charge in [0.15, 0.2) is 0 Å². The third-order valence-electron chi connectivity index (χ3n) is 3.86. The van der Waals surface area contributed by atoms with Gasteiger partial charge in [0, 0.05) is 6.54 Å². The second-order valence-corrected chi connectivity index (χ2v) is 4.91. The molecule has 3 nitrogen and oxygen atoms in total. The first-order valence-corrected chi connectivity index (χ1v) is 6.65. The Morgan fingerprint density at radius 3 is 2.69 bits per heavy atom. The number of carboxylic acids is 1. The summed E-state index contributed by atoms with van der Waals surface area (Å²) < 4.78 is 0. The maximum absolute atomic E-state index is 10.9. The first-order valence-electron chi connectivity index (χ1n) is 6.65. The molecule has 2 unspecified atom stereocenters. The maximum atomic E-state index is 10.9. The third-order valence-corrected chi connectivity index (χ3v) is 3.86. The van der Waals surface area contributed by atoms with Gasteiger partial charge in [-0.1, -0.05) is 20.3 Å². The minimum Gasteiger partial charge on any atom is -0.481 e. The molecule has 2 fully saturated rings. The van der Waals surface area contributed by atoms with Crippen molar-refractivity contribution in [3.63, 3.8) is 0 Å². The molecule has 0 aromatic heterocycles. The second-order valence-electron chi connectivity index (χ2n) is 4.91. The molecule has 1 aliphatic carbocycles. The number of carbonyl (C=O) groups is 1. The van der Waals surface area contributed by atoms with Gasteiger partial charge < -0.3 is 10.4 Å². The molecule has 2 rings (SSSR count). The minimum atomic E-state index is -0.592. The molecule has 3 heteroatoms. The summed E-state index contributed by atoms with van der Waals surface area (Å²) in [5, 5.41) is 12.4. The van der Waals surface area contributed by atoms with Crippen molar-refractivity contribution in [2.75, 3.05) is 13.1 Å². The fourth-order valence-electron chi connectivity index (χ4n) is 3.00. The van der Waals surface area contributed by atoms with E-state index in [0.29, 0.717) is 5.41 Å². The van der Waals surface area contributed by atoms with Crippen LogP contribution in [0.4, 0.5) is 0 Å². The summed E-state index contributed by atoms with van der Waals surface area (Å²) in [6, 6.07) is 0. The molecule has 1 aliphatic heterocycles. The van der Waals surface area contributed by atoms with E-state index in [9.17, 15) is 4.79 Å². The highest BCUT2D eigenvalue weighted by atomic mass is 16.4. The summed E-state index contributed by atoms with van der Waals surface area (Å²) in [5.74, 6) is -0.666. The molecule has 16 heavy (non-hydrogen) atoms. The van der Waals surface area contributed by atoms with E-state index in [4.69, 9.17) is 5.11 Å². The highest BCUT2D eigenvalue weighted by Gasteiger charge is 2.41. The zero-order chi connectivity index (χ0) is 12.0. The van der Waals surface area contributed by atoms with Gasteiger partial charge in [-0.15, -0.1) is 0 Å². The molecule has 1 saturated heterocycles. The Morgan fingerprint density at radius 2 is 2.06 bits per heavy atom. The molecule has 0 amide bonds. The topological polar surface area (TPSA) is 49.3 Å². The van der Waals surface area contributed by atoms with Crippen molar-refractivity contribution in [2.45, 2.75) is 52.4 Å². The van der Waals surface area contributed by atoms with Crippen molar-refractivity contribution in [1.82, 2.24) is 5.32 Å². The van der Waals surface area contributed by atoms with Gasteiger partial charge in [0.05, 0.1) is 5.92 Å². The Bertz CT molecular complexity index is 220. The largest absolute Gasteiger partial charge is 0.481 e. The number of nitrogens with one attached hydrogen (secondary N) is 1. The van der Waals surface area contributed by atoms with E-state index < -0.39 is 5.97 Å². The highest BCUT2D eigenvalue weighted by Crippen LogP contribution is 2.45. The molecule has 0 aromatic rings. The zero-order valence-corrected chi connectivity index (χ0v) is 10.6. The highest BCUT2D eigenvalue weighted by molar-refractivity contribution is 5.70. The van der Waals surface area contributed by atoms with Gasteiger partial charge in [0.1, 0.15) is 0 Å². The van der Waals surface area contributed by atoms with Crippen molar-refractivity contribution < 1.29 is 9.90 Å². The van der Waals surface area contributed by atoms with Gasteiger partial charge in [0.25, 0.3) is 0 Å². The van der Waals surface area contributed by atoms with Crippen LogP contribution in [0.5, 0.6) is 0 Å². The molecule has 0 bridgehead atoms. The van der Waals surface area contributed by atoms with Crippen LogP contribution in [0.15, 0.2) is 0 Å². The predicted octanol–water partition coefficient (Wildman–Crippen LogP) is 2.66. The van der Waals surface area contributed by atoms with Crippen molar-refractivity contribution >= 4 is 5.97 Å². The van der Waals surface area contributed by atoms with E-state index in [1.165, 1.54) is 19.3 Å². The summed E-state index contributed by atoms with van der Waals surface area (Å²) in [6.07, 6.45) is 6.63. The summed E-state index contributed by atoms with van der Waals surface area (Å²) in [7, 11) is 0. The summed E-state index contributed by atoms with van der Waals surface area (Å²) in [6.45, 7) is 6.15. The average Bonchev–Trinajstić information content (AvgIpc) is 2.56. The van der Waals surface area contributed by atoms with Crippen LogP contribution in [0.25, 0.3) is 0 Å². The van der Waals surface area contributed by atoms with Crippen LogP contribution >= 0.6 is 0 Å². The smallest absolute Gasteiger partial charge is 0.306 e. The Kier molecular flexibility index (Phi) is 5.26. The fraction of sp³-hybridized carbons (Fsp3) is 0.923. The lowest BCUT2D eigenvalue weighted by Crippen LogP contribution is -2.30. The Balaban J connectivity index is 0.000000606. The molecule has 1 heterocycles. The van der Waals surface area contributed by atoms with Crippen molar-refractivity contribution in [3.05, 3.63) is 0 Å². The normalized spacial score (nSPS) is 34.0. The van der Waals surface area contributed by atoms with Crippen molar-refractivity contribution in [3.8, 4) is 0 Å². The van der Waals surface area contributed by atoms with Crippen LogP contribution in [-0.2, 0) is 4.79 Å². The van der Waals surface area contributed by atoms with Crippen LogP contribution in [0.1, 0.15) is 52.4 Å². The molecule has 0 aromatic carbocycles. The number of rotatable bonds is 1. The van der Waals surface area contributed by atoms with Gasteiger partial charge in [0.2, 0.25) is 0 Å². The third kappa shape index (κ3) is 3.21. The van der Waals surface area contributed by atoms with E-state index in [-0.39, 0.29) is 5.92 Å². The van der Waals surface area contributed by atoms with Crippen LogP contribution in [0.2, 0.25) is 0 Å². The van der Waals surface area contributed by atoms with Crippen LogP contribution in [-0.4, -0.2) is 24.2 Å². The van der Waals surface area contributed by atoms with E-state index in [1.54, 1.807) is 0 Å². The molecular formula is C13H25NO2. The van der Waals surface area contributed by atoms with Gasteiger partial charge in [-0.3, -0.25) is 4.79 Å².